The maximum atomic E-state index is 12.7. The molecule has 7 nitrogen and oxygen atoms in total. The van der Waals surface area contributed by atoms with Crippen molar-refractivity contribution in [3.63, 3.8) is 0 Å². The number of nitro groups is 1. The molecule has 0 aromatic heterocycles. The predicted molar refractivity (Wildman–Crippen MR) is 77.4 cm³/mol. The van der Waals surface area contributed by atoms with Crippen molar-refractivity contribution in [1.82, 2.24) is 4.90 Å². The molecule has 1 aromatic rings. The van der Waals surface area contributed by atoms with Gasteiger partial charge in [-0.15, -0.1) is 0 Å². The summed E-state index contributed by atoms with van der Waals surface area (Å²) in [7, 11) is 1.33. The molecule has 7 heteroatoms. The van der Waals surface area contributed by atoms with Gasteiger partial charge in [0.2, 0.25) is 5.75 Å². The molecule has 2 rings (SSSR count). The number of carbonyl (C=O) groups is 1. The van der Waals surface area contributed by atoms with Crippen molar-refractivity contribution < 1.29 is 14.5 Å². The lowest BCUT2D eigenvalue weighted by atomic mass is 10.0. The first kappa shape index (κ1) is 15.2. The maximum Gasteiger partial charge on any atom is 0.311 e. The zero-order chi connectivity index (χ0) is 15.4. The molecule has 0 radical (unpaired) electrons. The van der Waals surface area contributed by atoms with Crippen LogP contribution < -0.4 is 10.5 Å². The summed E-state index contributed by atoms with van der Waals surface area (Å²) in [6.07, 6.45) is 2.82. The fourth-order valence-corrected chi connectivity index (χ4v) is 2.72. The highest BCUT2D eigenvalue weighted by Crippen LogP contribution is 2.32. The normalized spacial score (nSPS) is 18.4. The van der Waals surface area contributed by atoms with E-state index in [-0.39, 0.29) is 28.9 Å². The lowest BCUT2D eigenvalue weighted by Crippen LogP contribution is -2.47. The first-order valence-electron chi connectivity index (χ1n) is 6.92. The fourth-order valence-electron chi connectivity index (χ4n) is 2.72. The van der Waals surface area contributed by atoms with E-state index in [0.717, 1.165) is 19.3 Å². The van der Waals surface area contributed by atoms with Crippen LogP contribution in [0.25, 0.3) is 0 Å². The molecule has 1 fully saturated rings. The van der Waals surface area contributed by atoms with Gasteiger partial charge in [-0.1, -0.05) is 6.07 Å². The quantitative estimate of drug-likeness (QED) is 0.671. The Morgan fingerprint density at radius 3 is 2.90 bits per heavy atom. The second kappa shape index (κ2) is 6.53. The molecule has 1 amide bonds. The second-order valence-corrected chi connectivity index (χ2v) is 5.00. The highest BCUT2D eigenvalue weighted by molar-refractivity contribution is 5.98. The third-order valence-electron chi connectivity index (χ3n) is 3.79. The van der Waals surface area contributed by atoms with E-state index in [1.54, 1.807) is 11.0 Å². The van der Waals surface area contributed by atoms with E-state index in [9.17, 15) is 14.9 Å². The van der Waals surface area contributed by atoms with Crippen LogP contribution in [0.2, 0.25) is 0 Å². The van der Waals surface area contributed by atoms with E-state index >= 15 is 0 Å². The molecule has 2 N–H and O–H groups in total. The van der Waals surface area contributed by atoms with Gasteiger partial charge in [0, 0.05) is 25.2 Å². The van der Waals surface area contributed by atoms with Crippen LogP contribution in [0.5, 0.6) is 5.75 Å². The number of methoxy groups -OCH3 is 1. The van der Waals surface area contributed by atoms with Crippen molar-refractivity contribution in [1.29, 1.82) is 0 Å². The molecule has 1 heterocycles. The number of hydrogen-bond acceptors (Lipinski definition) is 5. The minimum absolute atomic E-state index is 0.00819. The number of ether oxygens (including phenoxy) is 1. The van der Waals surface area contributed by atoms with E-state index in [0.29, 0.717) is 13.1 Å². The summed E-state index contributed by atoms with van der Waals surface area (Å²) in [6.45, 7) is 1.01. The Kier molecular flexibility index (Phi) is 4.74. The molecule has 0 spiro atoms. The zero-order valence-corrected chi connectivity index (χ0v) is 11.9. The van der Waals surface area contributed by atoms with E-state index in [2.05, 4.69) is 0 Å². The number of nitro benzene ring substituents is 1. The second-order valence-electron chi connectivity index (χ2n) is 5.00. The average Bonchev–Trinajstić information content (AvgIpc) is 2.53. The van der Waals surface area contributed by atoms with Crippen molar-refractivity contribution in [3.05, 3.63) is 33.9 Å². The minimum atomic E-state index is -0.549. The molecule has 21 heavy (non-hydrogen) atoms. The van der Waals surface area contributed by atoms with Gasteiger partial charge >= 0.3 is 5.69 Å². The van der Waals surface area contributed by atoms with E-state index in [4.69, 9.17) is 10.5 Å². The van der Waals surface area contributed by atoms with Crippen LogP contribution in [-0.2, 0) is 0 Å². The van der Waals surface area contributed by atoms with Crippen LogP contribution in [0.15, 0.2) is 18.2 Å². The largest absolute Gasteiger partial charge is 0.490 e. The number of piperidine rings is 1. The molecule has 1 aromatic carbocycles. The minimum Gasteiger partial charge on any atom is -0.490 e. The maximum absolute atomic E-state index is 12.7. The van der Waals surface area contributed by atoms with Crippen LogP contribution in [0, 0.1) is 10.1 Å². The van der Waals surface area contributed by atoms with Gasteiger partial charge in [-0.2, -0.15) is 0 Å². The highest BCUT2D eigenvalue weighted by atomic mass is 16.6. The van der Waals surface area contributed by atoms with Gasteiger partial charge in [-0.3, -0.25) is 14.9 Å². The van der Waals surface area contributed by atoms with Crippen LogP contribution >= 0.6 is 0 Å². The molecule has 1 saturated heterocycles. The van der Waals surface area contributed by atoms with Crippen LogP contribution in [0.1, 0.15) is 29.6 Å². The van der Waals surface area contributed by atoms with Gasteiger partial charge in [0.25, 0.3) is 5.91 Å². The number of nitrogens with zero attached hydrogens (tertiary/aromatic N) is 2. The molecule has 1 unspecified atom stereocenters. The third kappa shape index (κ3) is 2.97. The summed E-state index contributed by atoms with van der Waals surface area (Å²) >= 11 is 0. The number of hydrogen-bond donors (Lipinski definition) is 1. The van der Waals surface area contributed by atoms with Crippen molar-refractivity contribution in [3.8, 4) is 5.75 Å². The van der Waals surface area contributed by atoms with Crippen molar-refractivity contribution in [2.45, 2.75) is 25.3 Å². The van der Waals surface area contributed by atoms with Crippen molar-refractivity contribution >= 4 is 11.6 Å². The van der Waals surface area contributed by atoms with Crippen molar-refractivity contribution in [2.75, 3.05) is 20.2 Å². The van der Waals surface area contributed by atoms with E-state index in [1.165, 1.54) is 19.2 Å². The summed E-state index contributed by atoms with van der Waals surface area (Å²) < 4.78 is 5.10. The lowest BCUT2D eigenvalue weighted by Gasteiger charge is -2.35. The van der Waals surface area contributed by atoms with Crippen LogP contribution in [0.4, 0.5) is 5.69 Å². The Bertz CT molecular complexity index is 547. The number of carbonyl (C=O) groups excluding carboxylic acids is 1. The van der Waals surface area contributed by atoms with Gasteiger partial charge in [-0.25, -0.2) is 0 Å². The van der Waals surface area contributed by atoms with Gasteiger partial charge in [0.15, 0.2) is 0 Å². The number of likely N-dealkylation sites (tertiary alicyclic amines) is 1. The Balaban J connectivity index is 2.38. The Hall–Kier alpha value is -2.15. The number of rotatable bonds is 4. The van der Waals surface area contributed by atoms with Gasteiger partial charge in [0.05, 0.1) is 17.6 Å². The first-order valence-corrected chi connectivity index (χ1v) is 6.92. The molecule has 0 aliphatic carbocycles. The number of amides is 1. The molecule has 1 atom stereocenters. The molecule has 114 valence electrons. The molecule has 0 bridgehead atoms. The summed E-state index contributed by atoms with van der Waals surface area (Å²) in [5, 5.41) is 11.0. The van der Waals surface area contributed by atoms with Gasteiger partial charge < -0.3 is 15.4 Å². The molecule has 0 saturated carbocycles. The monoisotopic (exact) mass is 293 g/mol. The summed E-state index contributed by atoms with van der Waals surface area (Å²) in [5.74, 6) is -0.250. The zero-order valence-electron chi connectivity index (χ0n) is 11.9. The topological polar surface area (TPSA) is 98.7 Å². The Morgan fingerprint density at radius 1 is 1.52 bits per heavy atom. The van der Waals surface area contributed by atoms with Crippen molar-refractivity contribution in [2.24, 2.45) is 5.73 Å². The van der Waals surface area contributed by atoms with Crippen LogP contribution in [-0.4, -0.2) is 42.0 Å². The van der Waals surface area contributed by atoms with E-state index < -0.39 is 4.92 Å². The fraction of sp³-hybridized carbons (Fsp3) is 0.500. The Labute approximate surface area is 122 Å². The number of para-hydroxylation sites is 1. The first-order chi connectivity index (χ1) is 10.1. The summed E-state index contributed by atoms with van der Waals surface area (Å²) in [5.41, 5.74) is 5.74. The summed E-state index contributed by atoms with van der Waals surface area (Å²) in [4.78, 5) is 24.9. The Morgan fingerprint density at radius 2 is 2.29 bits per heavy atom. The predicted octanol–water partition coefficient (Wildman–Crippen LogP) is 1.56. The standard InChI is InChI=1S/C14H19N3O4/c1-21-13-11(6-4-7-12(13)17(19)20)14(18)16-8-3-2-5-10(16)9-15/h4,6-7,10H,2-3,5,8-9,15H2,1H3. The molecule has 1 aliphatic rings. The number of benzene rings is 1. The average molecular weight is 293 g/mol. The van der Waals surface area contributed by atoms with Gasteiger partial charge in [0.1, 0.15) is 0 Å². The highest BCUT2D eigenvalue weighted by Gasteiger charge is 2.30. The molecular formula is C14H19N3O4. The lowest BCUT2D eigenvalue weighted by molar-refractivity contribution is -0.385. The smallest absolute Gasteiger partial charge is 0.311 e. The van der Waals surface area contributed by atoms with Gasteiger partial charge in [-0.05, 0) is 25.3 Å². The molecular weight excluding hydrogens is 274 g/mol. The third-order valence-corrected chi connectivity index (χ3v) is 3.79. The SMILES string of the molecule is COc1c(C(=O)N2CCCCC2CN)cccc1[N+](=O)[O-]. The summed E-state index contributed by atoms with van der Waals surface area (Å²) in [6, 6.07) is 4.35. The van der Waals surface area contributed by atoms with Crippen LogP contribution in [0.3, 0.4) is 0 Å². The van der Waals surface area contributed by atoms with E-state index in [1.807, 2.05) is 0 Å². The number of nitrogens with two attached hydrogens (primary N) is 1. The molecule has 1 aliphatic heterocycles.